The fourth-order valence-corrected chi connectivity index (χ4v) is 5.05. The molecule has 2 fully saturated rings. The molecule has 0 aliphatic carbocycles. The summed E-state index contributed by atoms with van der Waals surface area (Å²) < 4.78 is 19.8. The van der Waals surface area contributed by atoms with E-state index in [0.717, 1.165) is 18.5 Å². The summed E-state index contributed by atoms with van der Waals surface area (Å²) in [5.41, 5.74) is 4.56. The maximum Gasteiger partial charge on any atom is 0.320 e. The zero-order valence-corrected chi connectivity index (χ0v) is 19.5. The largest absolute Gasteiger partial charge is 0.378 e. The molecule has 34 heavy (non-hydrogen) atoms. The van der Waals surface area contributed by atoms with E-state index in [1.54, 1.807) is 12.1 Å². The van der Waals surface area contributed by atoms with Crippen LogP contribution in [-0.2, 0) is 11.2 Å². The average molecular weight is 463 g/mol. The molecule has 6 nitrogen and oxygen atoms in total. The van der Waals surface area contributed by atoms with E-state index in [0.29, 0.717) is 50.7 Å². The number of morpholine rings is 1. The lowest BCUT2D eigenvalue weighted by Gasteiger charge is -2.41. The van der Waals surface area contributed by atoms with Gasteiger partial charge in [-0.3, -0.25) is 5.10 Å². The molecule has 2 aromatic carbocycles. The van der Waals surface area contributed by atoms with Crippen LogP contribution in [0, 0.1) is 5.82 Å². The second-order valence-electron chi connectivity index (χ2n) is 9.20. The van der Waals surface area contributed by atoms with Crippen molar-refractivity contribution >= 4 is 6.03 Å². The number of aryl methyl sites for hydroxylation is 1. The lowest BCUT2D eigenvalue weighted by molar-refractivity contribution is 0.0398. The van der Waals surface area contributed by atoms with Crippen LogP contribution in [-0.4, -0.2) is 65.4 Å². The first-order valence-electron chi connectivity index (χ1n) is 12.1. The Morgan fingerprint density at radius 1 is 1.06 bits per heavy atom. The fourth-order valence-electron chi connectivity index (χ4n) is 5.05. The van der Waals surface area contributed by atoms with Crippen LogP contribution in [0.25, 0.3) is 11.3 Å². The molecule has 2 saturated heterocycles. The summed E-state index contributed by atoms with van der Waals surface area (Å²) in [6.45, 7) is 5.86. The van der Waals surface area contributed by atoms with Crippen LogP contribution in [0.15, 0.2) is 54.6 Å². The van der Waals surface area contributed by atoms with E-state index < -0.39 is 0 Å². The van der Waals surface area contributed by atoms with E-state index in [2.05, 4.69) is 41.4 Å². The van der Waals surface area contributed by atoms with Crippen molar-refractivity contribution in [3.05, 3.63) is 77.2 Å². The molecule has 178 valence electrons. The van der Waals surface area contributed by atoms with Crippen LogP contribution in [0.3, 0.4) is 0 Å². The molecule has 2 aliphatic rings. The number of aromatic amines is 1. The van der Waals surface area contributed by atoms with Gasteiger partial charge in [0, 0.05) is 49.3 Å². The van der Waals surface area contributed by atoms with E-state index in [4.69, 9.17) is 4.74 Å². The van der Waals surface area contributed by atoms with Gasteiger partial charge in [0.2, 0.25) is 0 Å². The van der Waals surface area contributed by atoms with Gasteiger partial charge in [-0.15, -0.1) is 0 Å². The third-order valence-electron chi connectivity index (χ3n) is 7.05. The fraction of sp³-hybridized carbons (Fsp3) is 0.407. The highest BCUT2D eigenvalue weighted by atomic mass is 19.1. The van der Waals surface area contributed by atoms with Crippen LogP contribution < -0.4 is 0 Å². The van der Waals surface area contributed by atoms with E-state index in [9.17, 15) is 9.18 Å². The predicted octanol–water partition coefficient (Wildman–Crippen LogP) is 4.80. The maximum atomic E-state index is 14.3. The molecule has 0 saturated carbocycles. The number of halogens is 1. The van der Waals surface area contributed by atoms with Gasteiger partial charge in [0.25, 0.3) is 0 Å². The third kappa shape index (κ3) is 4.71. The summed E-state index contributed by atoms with van der Waals surface area (Å²) in [5.74, 6) is 0.0136. The topological polar surface area (TPSA) is 61.5 Å². The lowest BCUT2D eigenvalue weighted by atomic mass is 9.82. The van der Waals surface area contributed by atoms with Crippen molar-refractivity contribution in [1.29, 1.82) is 0 Å². The molecular formula is C27H31FN4O2. The van der Waals surface area contributed by atoms with Crippen molar-refractivity contribution in [1.82, 2.24) is 20.0 Å². The summed E-state index contributed by atoms with van der Waals surface area (Å²) in [6.07, 6.45) is 1.90. The molecule has 7 heteroatoms. The number of benzene rings is 2. The summed E-state index contributed by atoms with van der Waals surface area (Å²) in [5, 5.41) is 7.55. The van der Waals surface area contributed by atoms with Gasteiger partial charge in [-0.2, -0.15) is 5.10 Å². The van der Waals surface area contributed by atoms with Crippen molar-refractivity contribution in [2.24, 2.45) is 0 Å². The van der Waals surface area contributed by atoms with Gasteiger partial charge in [0.1, 0.15) is 5.82 Å². The number of piperidine rings is 1. The molecule has 0 radical (unpaired) electrons. The number of likely N-dealkylation sites (tertiary alicyclic amines) is 1. The Bertz CT molecular complexity index is 1120. The first kappa shape index (κ1) is 22.6. The molecule has 1 N–H and O–H groups in total. The summed E-state index contributed by atoms with van der Waals surface area (Å²) in [7, 11) is 0. The van der Waals surface area contributed by atoms with Crippen LogP contribution in [0.2, 0.25) is 0 Å². The first-order chi connectivity index (χ1) is 16.6. The summed E-state index contributed by atoms with van der Waals surface area (Å²) in [6, 6.07) is 17.4. The van der Waals surface area contributed by atoms with E-state index in [1.165, 1.54) is 17.2 Å². The number of rotatable bonds is 4. The molecule has 0 bridgehead atoms. The molecule has 2 unspecified atom stereocenters. The number of hydrogen-bond donors (Lipinski definition) is 1. The molecule has 2 amide bonds. The molecule has 1 aromatic heterocycles. The smallest absolute Gasteiger partial charge is 0.320 e. The van der Waals surface area contributed by atoms with Crippen molar-refractivity contribution in [3.63, 3.8) is 0 Å². The zero-order chi connectivity index (χ0) is 23.5. The number of hydrogen-bond acceptors (Lipinski definition) is 3. The normalized spacial score (nSPS) is 21.0. The van der Waals surface area contributed by atoms with Gasteiger partial charge in [0.05, 0.1) is 18.9 Å². The lowest BCUT2D eigenvalue weighted by Crippen LogP contribution is -2.52. The number of amides is 2. The number of aromatic nitrogens is 2. The summed E-state index contributed by atoms with van der Waals surface area (Å²) in [4.78, 5) is 17.3. The molecular weight excluding hydrogens is 431 g/mol. The predicted molar refractivity (Wildman–Crippen MR) is 129 cm³/mol. The number of carbonyl (C=O) groups is 1. The van der Waals surface area contributed by atoms with Crippen molar-refractivity contribution < 1.29 is 13.9 Å². The Morgan fingerprint density at radius 2 is 1.79 bits per heavy atom. The second kappa shape index (κ2) is 9.97. The van der Waals surface area contributed by atoms with Crippen LogP contribution in [0.1, 0.15) is 42.0 Å². The monoisotopic (exact) mass is 462 g/mol. The SMILES string of the molecule is CCc1ccc(C2CC(c3cc(-c4ccccc4F)n[nH]3)CN(C(=O)N3CCOCC3)C2)cc1. The highest BCUT2D eigenvalue weighted by Crippen LogP contribution is 2.37. The minimum absolute atomic E-state index is 0.0667. The van der Waals surface area contributed by atoms with Gasteiger partial charge in [-0.25, -0.2) is 9.18 Å². The zero-order valence-electron chi connectivity index (χ0n) is 19.5. The van der Waals surface area contributed by atoms with Gasteiger partial charge < -0.3 is 14.5 Å². The highest BCUT2D eigenvalue weighted by molar-refractivity contribution is 5.75. The molecule has 3 aromatic rings. The third-order valence-corrected chi connectivity index (χ3v) is 7.05. The minimum Gasteiger partial charge on any atom is -0.378 e. The Kier molecular flexibility index (Phi) is 6.63. The Hall–Kier alpha value is -3.19. The van der Waals surface area contributed by atoms with Gasteiger partial charge >= 0.3 is 6.03 Å². The van der Waals surface area contributed by atoms with E-state index >= 15 is 0 Å². The molecule has 0 spiro atoms. The first-order valence-corrected chi connectivity index (χ1v) is 12.1. The van der Waals surface area contributed by atoms with Crippen LogP contribution in [0.4, 0.5) is 9.18 Å². The van der Waals surface area contributed by atoms with Crippen molar-refractivity contribution in [3.8, 4) is 11.3 Å². The number of nitrogens with one attached hydrogen (secondary N) is 1. The summed E-state index contributed by atoms with van der Waals surface area (Å²) >= 11 is 0. The van der Waals surface area contributed by atoms with Crippen LogP contribution >= 0.6 is 0 Å². The molecule has 5 rings (SSSR count). The second-order valence-corrected chi connectivity index (χ2v) is 9.20. The quantitative estimate of drug-likeness (QED) is 0.606. The van der Waals surface area contributed by atoms with E-state index in [-0.39, 0.29) is 23.7 Å². The maximum absolute atomic E-state index is 14.3. The van der Waals surface area contributed by atoms with E-state index in [1.807, 2.05) is 21.9 Å². The number of carbonyl (C=O) groups excluding carboxylic acids is 1. The standard InChI is InChI=1S/C27H31FN4O2/c1-2-19-7-9-20(10-8-19)21-15-22(18-32(17-21)27(33)31-11-13-34-14-12-31)25-16-26(30-29-25)23-5-3-4-6-24(23)28/h3-10,16,21-22H,2,11-15,17-18H2,1H3,(H,29,30). The average Bonchev–Trinajstić information content (AvgIpc) is 3.39. The number of ether oxygens (including phenoxy) is 1. The van der Waals surface area contributed by atoms with Gasteiger partial charge in [-0.05, 0) is 42.2 Å². The van der Waals surface area contributed by atoms with Crippen LogP contribution in [0.5, 0.6) is 0 Å². The number of H-pyrrole nitrogens is 1. The number of urea groups is 1. The molecule has 2 aliphatic heterocycles. The van der Waals surface area contributed by atoms with Gasteiger partial charge in [-0.1, -0.05) is 43.3 Å². The van der Waals surface area contributed by atoms with Crippen molar-refractivity contribution in [2.45, 2.75) is 31.6 Å². The molecule has 2 atom stereocenters. The number of nitrogens with zero attached hydrogens (tertiary/aromatic N) is 3. The Balaban J connectivity index is 1.42. The minimum atomic E-state index is -0.290. The Morgan fingerprint density at radius 3 is 2.53 bits per heavy atom. The molecule has 3 heterocycles. The highest BCUT2D eigenvalue weighted by Gasteiger charge is 2.35. The Labute approximate surface area is 199 Å². The van der Waals surface area contributed by atoms with Crippen molar-refractivity contribution in [2.75, 3.05) is 39.4 Å². The van der Waals surface area contributed by atoms with Gasteiger partial charge in [0.15, 0.2) is 0 Å².